The maximum Gasteiger partial charge on any atom is 0.185 e. The lowest BCUT2D eigenvalue weighted by atomic mass is 9.90. The van der Waals surface area contributed by atoms with Gasteiger partial charge in [-0.1, -0.05) is 78.9 Å². The Morgan fingerprint density at radius 2 is 1.15 bits per heavy atom. The van der Waals surface area contributed by atoms with Crippen LogP contribution in [0, 0.1) is 0 Å². The van der Waals surface area contributed by atoms with Crippen LogP contribution in [0.2, 0.25) is 0 Å². The Morgan fingerprint density at radius 3 is 1.75 bits per heavy atom. The van der Waals surface area contributed by atoms with E-state index < -0.39 is 17.5 Å². The Balaban J connectivity index is 1.43. The van der Waals surface area contributed by atoms with E-state index >= 15 is 0 Å². The van der Waals surface area contributed by atoms with Crippen LogP contribution in [0.3, 0.4) is 0 Å². The molecule has 1 aliphatic heterocycles. The third-order valence-electron chi connectivity index (χ3n) is 7.98. The maximum atomic E-state index is 6.35. The van der Waals surface area contributed by atoms with Gasteiger partial charge in [0.15, 0.2) is 23.8 Å². The molecule has 198 valence electrons. The second-order valence-electron chi connectivity index (χ2n) is 11.2. The highest BCUT2D eigenvalue weighted by molar-refractivity contribution is 6.12. The second-order valence-corrected chi connectivity index (χ2v) is 11.2. The average molecular weight is 528 g/mol. The van der Waals surface area contributed by atoms with Crippen molar-refractivity contribution in [3.8, 4) is 34.2 Å². The highest BCUT2D eigenvalue weighted by Gasteiger charge is 2.49. The molecule has 6 nitrogen and oxygen atoms in total. The van der Waals surface area contributed by atoms with Gasteiger partial charge >= 0.3 is 0 Å². The van der Waals surface area contributed by atoms with Crippen LogP contribution in [0.15, 0.2) is 101 Å². The molecule has 7 rings (SSSR count). The molecule has 2 aromatic heterocycles. The third kappa shape index (κ3) is 4.08. The van der Waals surface area contributed by atoms with Crippen molar-refractivity contribution >= 4 is 21.9 Å². The van der Waals surface area contributed by atoms with Crippen LogP contribution in [0.4, 0.5) is 0 Å². The molecule has 1 saturated heterocycles. The topological polar surface area (TPSA) is 70.3 Å². The maximum absolute atomic E-state index is 6.35. The fourth-order valence-electron chi connectivity index (χ4n) is 5.09. The van der Waals surface area contributed by atoms with Gasteiger partial charge in [-0.2, -0.15) is 0 Å². The predicted molar refractivity (Wildman–Crippen MR) is 156 cm³/mol. The SMILES string of the molecule is CC1(C)OC(c2ccc3oc4cccc(-c5nc(-c6ccccc6)nc(-c6ccccc6)n5)c4c3c2)OC1(C)C. The molecule has 0 radical (unpaired) electrons. The summed E-state index contributed by atoms with van der Waals surface area (Å²) in [6, 6.07) is 32.1. The van der Waals surface area contributed by atoms with Crippen LogP contribution in [0.5, 0.6) is 0 Å². The highest BCUT2D eigenvalue weighted by Crippen LogP contribution is 2.46. The van der Waals surface area contributed by atoms with Gasteiger partial charge in [0.05, 0.1) is 11.2 Å². The van der Waals surface area contributed by atoms with Gasteiger partial charge in [-0.15, -0.1) is 0 Å². The molecule has 6 heteroatoms. The van der Waals surface area contributed by atoms with E-state index in [0.29, 0.717) is 17.5 Å². The summed E-state index contributed by atoms with van der Waals surface area (Å²) in [5, 5.41) is 1.90. The molecule has 0 spiro atoms. The Kier molecular flexibility index (Phi) is 5.59. The summed E-state index contributed by atoms with van der Waals surface area (Å²) in [4.78, 5) is 14.8. The third-order valence-corrected chi connectivity index (χ3v) is 7.98. The normalized spacial score (nSPS) is 16.6. The fourth-order valence-corrected chi connectivity index (χ4v) is 5.09. The van der Waals surface area contributed by atoms with E-state index in [0.717, 1.165) is 44.2 Å². The molecule has 0 amide bonds. The van der Waals surface area contributed by atoms with E-state index in [1.807, 2.05) is 91.0 Å². The molecule has 3 heterocycles. The van der Waals surface area contributed by atoms with E-state index in [9.17, 15) is 0 Å². The Bertz CT molecular complexity index is 1790. The van der Waals surface area contributed by atoms with Crippen molar-refractivity contribution in [1.29, 1.82) is 0 Å². The number of benzene rings is 4. The molecule has 1 fully saturated rings. The van der Waals surface area contributed by atoms with Crippen molar-refractivity contribution in [1.82, 2.24) is 15.0 Å². The zero-order valence-electron chi connectivity index (χ0n) is 22.9. The molecule has 0 N–H and O–H groups in total. The molecule has 40 heavy (non-hydrogen) atoms. The van der Waals surface area contributed by atoms with E-state index in [2.05, 4.69) is 33.8 Å². The standard InChI is InChI=1S/C34H29N3O3/c1-33(2)34(3,4)40-32(39-33)23-18-19-26-25(20-23)28-24(16-11-17-27(28)38-26)31-36-29(21-12-7-5-8-13-21)35-30(37-31)22-14-9-6-10-15-22/h5-20,32H,1-4H3. The van der Waals surface area contributed by atoms with E-state index in [1.54, 1.807) is 0 Å². The molecule has 4 aromatic carbocycles. The van der Waals surface area contributed by atoms with Gasteiger partial charge < -0.3 is 13.9 Å². The molecular weight excluding hydrogens is 498 g/mol. The minimum Gasteiger partial charge on any atom is -0.456 e. The van der Waals surface area contributed by atoms with Crippen molar-refractivity contribution < 1.29 is 13.9 Å². The molecular formula is C34H29N3O3. The van der Waals surface area contributed by atoms with Crippen LogP contribution in [0.25, 0.3) is 56.1 Å². The minimum absolute atomic E-state index is 0.428. The Morgan fingerprint density at radius 1 is 0.575 bits per heavy atom. The molecule has 0 unspecified atom stereocenters. The van der Waals surface area contributed by atoms with Crippen LogP contribution in [0.1, 0.15) is 39.5 Å². The number of fused-ring (bicyclic) bond motifs is 3. The van der Waals surface area contributed by atoms with Crippen molar-refractivity contribution in [2.24, 2.45) is 0 Å². The lowest BCUT2D eigenvalue weighted by Crippen LogP contribution is -2.41. The Hall–Kier alpha value is -4.39. The summed E-state index contributed by atoms with van der Waals surface area (Å²) < 4.78 is 19.0. The smallest absolute Gasteiger partial charge is 0.185 e. The van der Waals surface area contributed by atoms with E-state index in [4.69, 9.17) is 28.8 Å². The first-order valence-corrected chi connectivity index (χ1v) is 13.5. The highest BCUT2D eigenvalue weighted by atomic mass is 16.7. The van der Waals surface area contributed by atoms with Gasteiger partial charge in [0.25, 0.3) is 0 Å². The van der Waals surface area contributed by atoms with Crippen LogP contribution < -0.4 is 0 Å². The molecule has 6 aromatic rings. The Labute approximate surface area is 232 Å². The number of ether oxygens (including phenoxy) is 2. The first-order valence-electron chi connectivity index (χ1n) is 13.5. The van der Waals surface area contributed by atoms with Gasteiger partial charge in [0, 0.05) is 33.0 Å². The lowest BCUT2D eigenvalue weighted by molar-refractivity contribution is -0.0894. The summed E-state index contributed by atoms with van der Waals surface area (Å²) in [6.07, 6.45) is -0.474. The predicted octanol–water partition coefficient (Wildman–Crippen LogP) is 8.37. The molecule has 0 saturated carbocycles. The zero-order valence-corrected chi connectivity index (χ0v) is 22.9. The molecule has 0 bridgehead atoms. The van der Waals surface area contributed by atoms with Gasteiger partial charge in [-0.25, -0.2) is 15.0 Å². The fraction of sp³-hybridized carbons (Fsp3) is 0.206. The lowest BCUT2D eigenvalue weighted by Gasteiger charge is -2.30. The molecule has 1 aliphatic rings. The second kappa shape index (κ2) is 9.08. The van der Waals surface area contributed by atoms with Gasteiger partial charge in [0.1, 0.15) is 11.2 Å². The van der Waals surface area contributed by atoms with Crippen molar-refractivity contribution in [3.63, 3.8) is 0 Å². The van der Waals surface area contributed by atoms with Crippen molar-refractivity contribution in [2.75, 3.05) is 0 Å². The first kappa shape index (κ1) is 24.6. The summed E-state index contributed by atoms with van der Waals surface area (Å²) in [5.74, 6) is 1.82. The van der Waals surface area contributed by atoms with Crippen LogP contribution in [-0.2, 0) is 9.47 Å². The number of hydrogen-bond acceptors (Lipinski definition) is 6. The summed E-state index contributed by atoms with van der Waals surface area (Å²) in [5.41, 5.74) is 4.36. The number of rotatable bonds is 4. The summed E-state index contributed by atoms with van der Waals surface area (Å²) in [6.45, 7) is 8.25. The van der Waals surface area contributed by atoms with Crippen LogP contribution >= 0.6 is 0 Å². The van der Waals surface area contributed by atoms with Gasteiger partial charge in [0.2, 0.25) is 0 Å². The monoisotopic (exact) mass is 527 g/mol. The average Bonchev–Trinajstić information content (AvgIpc) is 3.45. The van der Waals surface area contributed by atoms with E-state index in [-0.39, 0.29) is 0 Å². The minimum atomic E-state index is -0.474. The first-order chi connectivity index (χ1) is 19.3. The summed E-state index contributed by atoms with van der Waals surface area (Å²) in [7, 11) is 0. The largest absolute Gasteiger partial charge is 0.456 e. The zero-order chi connectivity index (χ0) is 27.5. The molecule has 0 atom stereocenters. The number of hydrogen-bond donors (Lipinski definition) is 0. The molecule has 0 aliphatic carbocycles. The number of furan rings is 1. The quantitative estimate of drug-likeness (QED) is 0.229. The number of nitrogens with zero attached hydrogens (tertiary/aromatic N) is 3. The van der Waals surface area contributed by atoms with Crippen molar-refractivity contribution in [3.05, 3.63) is 103 Å². The van der Waals surface area contributed by atoms with Gasteiger partial charge in [-0.05, 0) is 45.9 Å². The number of aromatic nitrogens is 3. The van der Waals surface area contributed by atoms with Crippen molar-refractivity contribution in [2.45, 2.75) is 45.2 Å². The van der Waals surface area contributed by atoms with Gasteiger partial charge in [-0.3, -0.25) is 0 Å². The van der Waals surface area contributed by atoms with E-state index in [1.165, 1.54) is 0 Å². The van der Waals surface area contributed by atoms with Crippen LogP contribution in [-0.4, -0.2) is 26.2 Å². The summed E-state index contributed by atoms with van der Waals surface area (Å²) >= 11 is 0.